The first-order valence-electron chi connectivity index (χ1n) is 6.56. The van der Waals surface area contributed by atoms with Crippen LogP contribution in [0.25, 0.3) is 11.5 Å². The Morgan fingerprint density at radius 1 is 1.05 bits per heavy atom. The number of rotatable bonds is 3. The summed E-state index contributed by atoms with van der Waals surface area (Å²) in [5.74, 6) is 0.793. The fraction of sp³-hybridized carbons (Fsp3) is 0.0588. The Kier molecular flexibility index (Phi) is 3.40. The summed E-state index contributed by atoms with van der Waals surface area (Å²) in [5, 5.41) is 12.3. The Labute approximate surface area is 122 Å². The molecule has 3 aromatic rings. The maximum absolute atomic E-state index is 9.19. The van der Waals surface area contributed by atoms with Gasteiger partial charge < -0.3 is 9.73 Å². The molecular weight excluding hydrogens is 262 g/mol. The third-order valence-corrected chi connectivity index (χ3v) is 3.06. The van der Waals surface area contributed by atoms with Crippen LogP contribution in [0.1, 0.15) is 11.3 Å². The van der Waals surface area contributed by atoms with E-state index in [4.69, 9.17) is 4.42 Å². The Balaban J connectivity index is 1.94. The van der Waals surface area contributed by atoms with Gasteiger partial charge in [-0.2, -0.15) is 10.2 Å². The summed E-state index contributed by atoms with van der Waals surface area (Å²) in [6, 6.07) is 19.4. The summed E-state index contributed by atoms with van der Waals surface area (Å²) in [6.07, 6.45) is 0. The first kappa shape index (κ1) is 12.9. The van der Waals surface area contributed by atoms with Crippen molar-refractivity contribution < 1.29 is 4.42 Å². The Hall–Kier alpha value is -3.06. The molecule has 0 atom stereocenters. The molecule has 1 aromatic heterocycles. The molecular formula is C17H13N3O. The molecule has 2 aromatic carbocycles. The SMILES string of the molecule is Cc1ccc(Nc2oc(-c3ccccc3)nc2C#N)cc1. The molecule has 102 valence electrons. The van der Waals surface area contributed by atoms with E-state index >= 15 is 0 Å². The van der Waals surface area contributed by atoms with Crippen LogP contribution in [-0.2, 0) is 0 Å². The highest BCUT2D eigenvalue weighted by Gasteiger charge is 2.14. The van der Waals surface area contributed by atoms with Gasteiger partial charge in [-0.15, -0.1) is 0 Å². The first-order chi connectivity index (χ1) is 10.3. The first-order valence-corrected chi connectivity index (χ1v) is 6.56. The van der Waals surface area contributed by atoms with E-state index in [0.717, 1.165) is 11.3 Å². The van der Waals surface area contributed by atoms with Crippen LogP contribution in [0.15, 0.2) is 59.0 Å². The summed E-state index contributed by atoms with van der Waals surface area (Å²) in [7, 11) is 0. The third-order valence-electron chi connectivity index (χ3n) is 3.06. The number of nitrogens with one attached hydrogen (secondary N) is 1. The van der Waals surface area contributed by atoms with Crippen molar-refractivity contribution >= 4 is 11.6 Å². The summed E-state index contributed by atoms with van der Waals surface area (Å²) < 4.78 is 5.68. The number of oxazole rings is 1. The summed E-state index contributed by atoms with van der Waals surface area (Å²) >= 11 is 0. The molecule has 0 fully saturated rings. The van der Waals surface area contributed by atoms with E-state index < -0.39 is 0 Å². The topological polar surface area (TPSA) is 61.9 Å². The van der Waals surface area contributed by atoms with Crippen molar-refractivity contribution in [2.24, 2.45) is 0 Å². The maximum atomic E-state index is 9.19. The predicted octanol–water partition coefficient (Wildman–Crippen LogP) is 4.27. The monoisotopic (exact) mass is 275 g/mol. The van der Waals surface area contributed by atoms with Gasteiger partial charge in [-0.25, -0.2) is 0 Å². The Morgan fingerprint density at radius 2 is 1.76 bits per heavy atom. The average molecular weight is 275 g/mol. The van der Waals surface area contributed by atoms with Crippen molar-refractivity contribution in [3.8, 4) is 17.5 Å². The van der Waals surface area contributed by atoms with Crippen LogP contribution in [0.4, 0.5) is 11.6 Å². The van der Waals surface area contributed by atoms with Gasteiger partial charge in [0.1, 0.15) is 6.07 Å². The molecule has 4 nitrogen and oxygen atoms in total. The number of nitrogens with zero attached hydrogens (tertiary/aromatic N) is 2. The van der Waals surface area contributed by atoms with Crippen LogP contribution in [-0.4, -0.2) is 4.98 Å². The van der Waals surface area contributed by atoms with Gasteiger partial charge >= 0.3 is 0 Å². The molecule has 0 spiro atoms. The van der Waals surface area contributed by atoms with Crippen LogP contribution >= 0.6 is 0 Å². The lowest BCUT2D eigenvalue weighted by Crippen LogP contribution is -1.90. The number of aromatic nitrogens is 1. The lowest BCUT2D eigenvalue weighted by atomic mass is 10.2. The smallest absolute Gasteiger partial charge is 0.236 e. The number of anilines is 2. The minimum atomic E-state index is 0.245. The number of hydrogen-bond acceptors (Lipinski definition) is 4. The molecule has 0 amide bonds. The van der Waals surface area contributed by atoms with E-state index in [9.17, 15) is 5.26 Å². The molecule has 0 aliphatic rings. The highest BCUT2D eigenvalue weighted by Crippen LogP contribution is 2.27. The lowest BCUT2D eigenvalue weighted by molar-refractivity contribution is 0.591. The molecule has 0 saturated heterocycles. The zero-order chi connectivity index (χ0) is 14.7. The molecule has 1 N–H and O–H groups in total. The van der Waals surface area contributed by atoms with E-state index in [0.29, 0.717) is 11.8 Å². The van der Waals surface area contributed by atoms with Gasteiger partial charge in [0.25, 0.3) is 0 Å². The van der Waals surface area contributed by atoms with Gasteiger partial charge in [-0.3, -0.25) is 0 Å². The molecule has 0 aliphatic heterocycles. The minimum absolute atomic E-state index is 0.245. The van der Waals surface area contributed by atoms with E-state index in [1.807, 2.05) is 67.6 Å². The highest BCUT2D eigenvalue weighted by molar-refractivity contribution is 5.64. The van der Waals surface area contributed by atoms with Gasteiger partial charge in [-0.05, 0) is 31.2 Å². The fourth-order valence-corrected chi connectivity index (χ4v) is 1.95. The molecule has 0 bridgehead atoms. The van der Waals surface area contributed by atoms with Gasteiger partial charge in [0.05, 0.1) is 0 Å². The van der Waals surface area contributed by atoms with Crippen LogP contribution < -0.4 is 5.32 Å². The zero-order valence-corrected chi connectivity index (χ0v) is 11.5. The highest BCUT2D eigenvalue weighted by atomic mass is 16.4. The van der Waals surface area contributed by atoms with Crippen LogP contribution in [0.2, 0.25) is 0 Å². The fourth-order valence-electron chi connectivity index (χ4n) is 1.95. The second kappa shape index (κ2) is 5.51. The minimum Gasteiger partial charge on any atom is -0.419 e. The van der Waals surface area contributed by atoms with Crippen molar-refractivity contribution in [2.45, 2.75) is 6.92 Å². The summed E-state index contributed by atoms with van der Waals surface area (Å²) in [4.78, 5) is 4.22. The third kappa shape index (κ3) is 2.77. The van der Waals surface area contributed by atoms with Crippen molar-refractivity contribution in [1.29, 1.82) is 5.26 Å². The van der Waals surface area contributed by atoms with Crippen molar-refractivity contribution in [1.82, 2.24) is 4.98 Å². The lowest BCUT2D eigenvalue weighted by Gasteiger charge is -2.02. The van der Waals surface area contributed by atoms with E-state index in [-0.39, 0.29) is 5.69 Å². The molecule has 4 heteroatoms. The molecule has 0 unspecified atom stereocenters. The number of aryl methyl sites for hydroxylation is 1. The number of hydrogen-bond donors (Lipinski definition) is 1. The molecule has 21 heavy (non-hydrogen) atoms. The zero-order valence-electron chi connectivity index (χ0n) is 11.5. The quantitative estimate of drug-likeness (QED) is 0.775. The van der Waals surface area contributed by atoms with E-state index in [1.54, 1.807) is 0 Å². The van der Waals surface area contributed by atoms with Crippen molar-refractivity contribution in [2.75, 3.05) is 5.32 Å². The molecule has 1 heterocycles. The van der Waals surface area contributed by atoms with Crippen LogP contribution in [0, 0.1) is 18.3 Å². The van der Waals surface area contributed by atoms with Crippen molar-refractivity contribution in [3.05, 3.63) is 65.9 Å². The Morgan fingerprint density at radius 3 is 2.43 bits per heavy atom. The standard InChI is InChI=1S/C17H13N3O/c1-12-7-9-14(10-8-12)19-17-15(11-18)20-16(21-17)13-5-3-2-4-6-13/h2-10,19H,1H3. The molecule has 0 radical (unpaired) electrons. The van der Waals surface area contributed by atoms with E-state index in [2.05, 4.69) is 10.3 Å². The molecule has 0 saturated carbocycles. The predicted molar refractivity (Wildman–Crippen MR) is 81.1 cm³/mol. The largest absolute Gasteiger partial charge is 0.419 e. The summed E-state index contributed by atoms with van der Waals surface area (Å²) in [5.41, 5.74) is 3.11. The Bertz CT molecular complexity index is 783. The average Bonchev–Trinajstić information content (AvgIpc) is 2.93. The van der Waals surface area contributed by atoms with Gasteiger partial charge in [0.15, 0.2) is 0 Å². The normalized spacial score (nSPS) is 10.1. The second-order valence-corrected chi connectivity index (χ2v) is 4.67. The van der Waals surface area contributed by atoms with Gasteiger partial charge in [0.2, 0.25) is 17.5 Å². The van der Waals surface area contributed by atoms with E-state index in [1.165, 1.54) is 5.56 Å². The van der Waals surface area contributed by atoms with Crippen LogP contribution in [0.5, 0.6) is 0 Å². The summed E-state index contributed by atoms with van der Waals surface area (Å²) in [6.45, 7) is 2.02. The molecule has 3 rings (SSSR count). The number of benzene rings is 2. The van der Waals surface area contributed by atoms with Gasteiger partial charge in [-0.1, -0.05) is 35.9 Å². The maximum Gasteiger partial charge on any atom is 0.236 e. The number of nitriles is 1. The second-order valence-electron chi connectivity index (χ2n) is 4.67. The van der Waals surface area contributed by atoms with Crippen LogP contribution in [0.3, 0.4) is 0 Å². The van der Waals surface area contributed by atoms with Gasteiger partial charge in [0, 0.05) is 11.3 Å². The molecule has 0 aliphatic carbocycles. The van der Waals surface area contributed by atoms with Crippen molar-refractivity contribution in [3.63, 3.8) is 0 Å².